The monoisotopic (exact) mass is 742 g/mol. The number of hydrogen-bond acceptors (Lipinski definition) is 14. The third kappa shape index (κ3) is 6.87. The van der Waals surface area contributed by atoms with Gasteiger partial charge in [-0.25, -0.2) is 0 Å². The van der Waals surface area contributed by atoms with Gasteiger partial charge in [-0.2, -0.15) is 0 Å². The highest BCUT2D eigenvalue weighted by Gasteiger charge is 2.61. The maximum Gasteiger partial charge on any atom is 0.187 e. The Morgan fingerprint density at radius 3 is 2.04 bits per heavy atom. The van der Waals surface area contributed by atoms with Gasteiger partial charge in [0.1, 0.15) is 54.9 Å². The van der Waals surface area contributed by atoms with Crippen molar-refractivity contribution in [3.05, 3.63) is 24.3 Å². The predicted molar refractivity (Wildman–Crippen MR) is 184 cm³/mol. The van der Waals surface area contributed by atoms with Crippen molar-refractivity contribution in [2.75, 3.05) is 13.7 Å². The van der Waals surface area contributed by atoms with Gasteiger partial charge >= 0.3 is 0 Å². The van der Waals surface area contributed by atoms with Crippen molar-refractivity contribution in [2.24, 2.45) is 28.1 Å². The fourth-order valence-electron chi connectivity index (χ4n) is 10.4. The van der Waals surface area contributed by atoms with Crippen LogP contribution in [0, 0.1) is 28.1 Å². The molecule has 7 N–H and O–H groups in total. The number of rotatable bonds is 9. The second-order valence-electron chi connectivity index (χ2n) is 17.2. The first-order valence-corrected chi connectivity index (χ1v) is 18.9. The zero-order valence-electron chi connectivity index (χ0n) is 31.5. The third-order valence-electron chi connectivity index (χ3n) is 13.7. The van der Waals surface area contributed by atoms with Crippen molar-refractivity contribution < 1.29 is 68.9 Å². The van der Waals surface area contributed by atoms with Crippen LogP contribution in [-0.2, 0) is 33.2 Å². The summed E-state index contributed by atoms with van der Waals surface area (Å²) in [6.07, 6.45) is -8.33. The molecule has 20 atom stereocenters. The van der Waals surface area contributed by atoms with Gasteiger partial charge in [-0.15, -0.1) is 6.58 Å². The van der Waals surface area contributed by atoms with E-state index < -0.39 is 104 Å². The second kappa shape index (κ2) is 15.1. The Labute approximate surface area is 306 Å². The molecule has 0 aromatic rings. The average Bonchev–Trinajstić information content (AvgIpc) is 3.40. The van der Waals surface area contributed by atoms with Gasteiger partial charge in [-0.05, 0) is 68.6 Å². The van der Waals surface area contributed by atoms with Crippen LogP contribution >= 0.6 is 0 Å². The summed E-state index contributed by atoms with van der Waals surface area (Å²) in [6.45, 7) is 15.7. The molecule has 0 aromatic carbocycles. The molecule has 14 nitrogen and oxygen atoms in total. The number of aliphatic hydroxyl groups excluding tert-OH is 7. The number of ether oxygens (including phenoxy) is 7. The van der Waals surface area contributed by atoms with E-state index in [0.717, 1.165) is 19.3 Å². The largest absolute Gasteiger partial charge is 0.394 e. The first kappa shape index (κ1) is 40.6. The SMILES string of the molecule is C=C[C@]1(C)C=C2CC[C@@H]3C(C)(C)[C@H](O[C@H]4O[C@H](CO)[C@@H](O)[C@@H]4O[C@H]4O[C@@H](C)[C@H](O)[C@@H](OC)[C@@H]4O)CC[C@@]3(C)[C@@H]2C[C@H]1O[C@H]1O[C@@H](C)[C@H](O)[C@@H](O)[C@@H]1O. The van der Waals surface area contributed by atoms with Crippen LogP contribution in [0.25, 0.3) is 0 Å². The summed E-state index contributed by atoms with van der Waals surface area (Å²) in [4.78, 5) is 0. The van der Waals surface area contributed by atoms with Crippen molar-refractivity contribution in [3.63, 3.8) is 0 Å². The first-order chi connectivity index (χ1) is 24.4. The Bertz CT molecular complexity index is 1300. The average molecular weight is 743 g/mol. The molecule has 3 saturated heterocycles. The lowest BCUT2D eigenvalue weighted by Crippen LogP contribution is -2.61. The summed E-state index contributed by atoms with van der Waals surface area (Å²) in [6, 6.07) is 0. The van der Waals surface area contributed by atoms with Gasteiger partial charge in [0.15, 0.2) is 18.9 Å². The minimum Gasteiger partial charge on any atom is -0.394 e. The lowest BCUT2D eigenvalue weighted by Gasteiger charge is -2.62. The summed E-state index contributed by atoms with van der Waals surface area (Å²) in [7, 11) is 1.38. The van der Waals surface area contributed by atoms with E-state index in [-0.39, 0.29) is 28.8 Å². The quantitative estimate of drug-likeness (QED) is 0.164. The Hall–Kier alpha value is -1.08. The lowest BCUT2D eigenvalue weighted by molar-refractivity contribution is -0.329. The van der Waals surface area contributed by atoms with Crippen molar-refractivity contribution in [1.29, 1.82) is 0 Å². The molecule has 6 rings (SSSR count). The maximum absolute atomic E-state index is 11.2. The van der Waals surface area contributed by atoms with Crippen molar-refractivity contribution in [2.45, 2.75) is 172 Å². The van der Waals surface area contributed by atoms with Gasteiger partial charge in [-0.3, -0.25) is 0 Å². The fourth-order valence-corrected chi connectivity index (χ4v) is 10.4. The van der Waals surface area contributed by atoms with E-state index in [1.807, 2.05) is 6.08 Å². The third-order valence-corrected chi connectivity index (χ3v) is 13.7. The summed E-state index contributed by atoms with van der Waals surface area (Å²) < 4.78 is 42.4. The van der Waals surface area contributed by atoms with Gasteiger partial charge in [0.2, 0.25) is 0 Å². The van der Waals surface area contributed by atoms with Crippen LogP contribution in [0.3, 0.4) is 0 Å². The van der Waals surface area contributed by atoms with E-state index in [1.165, 1.54) is 12.7 Å². The van der Waals surface area contributed by atoms with Crippen LogP contribution in [0.15, 0.2) is 24.3 Å². The Balaban J connectivity index is 1.20. The molecular formula is C38H62O14. The van der Waals surface area contributed by atoms with Gasteiger partial charge in [-0.1, -0.05) is 45.4 Å². The molecule has 52 heavy (non-hydrogen) atoms. The molecule has 0 amide bonds. The van der Waals surface area contributed by atoms with E-state index in [4.69, 9.17) is 33.2 Å². The first-order valence-electron chi connectivity index (χ1n) is 18.9. The molecule has 3 aliphatic heterocycles. The van der Waals surface area contributed by atoms with Crippen LogP contribution in [0.1, 0.15) is 73.6 Å². The minimum absolute atomic E-state index is 0.147. The maximum atomic E-state index is 11.2. The van der Waals surface area contributed by atoms with Crippen molar-refractivity contribution in [3.8, 4) is 0 Å². The summed E-state index contributed by atoms with van der Waals surface area (Å²) in [5, 5.41) is 74.1. The van der Waals surface area contributed by atoms with Crippen LogP contribution < -0.4 is 0 Å². The lowest BCUT2D eigenvalue weighted by atomic mass is 9.44. The molecule has 3 aliphatic carbocycles. The van der Waals surface area contributed by atoms with Crippen LogP contribution in [0.4, 0.5) is 0 Å². The van der Waals surface area contributed by atoms with Crippen LogP contribution in [-0.4, -0.2) is 148 Å². The second-order valence-corrected chi connectivity index (χ2v) is 17.2. The number of hydrogen-bond donors (Lipinski definition) is 7. The Morgan fingerprint density at radius 1 is 0.769 bits per heavy atom. The van der Waals surface area contributed by atoms with E-state index in [9.17, 15) is 35.7 Å². The van der Waals surface area contributed by atoms with E-state index in [1.54, 1.807) is 13.8 Å². The summed E-state index contributed by atoms with van der Waals surface area (Å²) in [5.41, 5.74) is 0.277. The fraction of sp³-hybridized carbons (Fsp3) is 0.895. The molecule has 298 valence electrons. The van der Waals surface area contributed by atoms with Crippen LogP contribution in [0.2, 0.25) is 0 Å². The molecule has 0 bridgehead atoms. The Kier molecular flexibility index (Phi) is 11.8. The van der Waals surface area contributed by atoms with Crippen molar-refractivity contribution >= 4 is 0 Å². The Morgan fingerprint density at radius 2 is 1.40 bits per heavy atom. The number of allylic oxidation sites excluding steroid dienone is 1. The van der Waals surface area contributed by atoms with Gasteiger partial charge < -0.3 is 68.9 Å². The molecule has 0 radical (unpaired) electrons. The molecule has 6 aliphatic rings. The molecule has 0 spiro atoms. The van der Waals surface area contributed by atoms with Gasteiger partial charge in [0.05, 0.1) is 31.0 Å². The zero-order valence-corrected chi connectivity index (χ0v) is 31.5. The topological polar surface area (TPSA) is 206 Å². The van der Waals surface area contributed by atoms with Gasteiger partial charge in [0.25, 0.3) is 0 Å². The minimum atomic E-state index is -1.41. The standard InChI is InChI=1S/C38H62O14/c1-9-37(6)15-19-10-11-22-36(4,5)23(12-13-38(22,7)20(19)14-24(37)51-33-29(44)28(43)25(40)17(2)47-33)50-35-32(27(42)21(16-39)49-35)52-34-30(45)31(46-8)26(41)18(3)48-34/h9,15,17-18,20-35,39-45H,1,10-14,16H2,2-8H3/t17-,18-,20+,21+,22+,23+,24+,25-,26-,27+,28+,29-,30-,31+,32-,33+,34+,35+,37+,38-/m0/s1. The summed E-state index contributed by atoms with van der Waals surface area (Å²) in [5.74, 6) is 0.351. The smallest absolute Gasteiger partial charge is 0.187 e. The van der Waals surface area contributed by atoms with E-state index in [2.05, 4.69) is 40.3 Å². The number of aliphatic hydroxyl groups is 7. The molecule has 3 heterocycles. The summed E-state index contributed by atoms with van der Waals surface area (Å²) >= 11 is 0. The highest BCUT2D eigenvalue weighted by Crippen LogP contribution is 2.65. The highest BCUT2D eigenvalue weighted by molar-refractivity contribution is 5.29. The van der Waals surface area contributed by atoms with E-state index >= 15 is 0 Å². The number of fused-ring (bicyclic) bond motifs is 3. The molecule has 5 fully saturated rings. The molecule has 14 heteroatoms. The molecule has 0 unspecified atom stereocenters. The normalized spacial score (nSPS) is 53.5. The van der Waals surface area contributed by atoms with Crippen molar-refractivity contribution in [1.82, 2.24) is 0 Å². The molecule has 0 aromatic heterocycles. The van der Waals surface area contributed by atoms with E-state index in [0.29, 0.717) is 12.8 Å². The van der Waals surface area contributed by atoms with Crippen LogP contribution in [0.5, 0.6) is 0 Å². The zero-order chi connectivity index (χ0) is 38.1. The predicted octanol–water partition coefficient (Wildman–Crippen LogP) is 0.904. The molecule has 2 saturated carbocycles. The molecular weight excluding hydrogens is 680 g/mol. The number of methoxy groups -OCH3 is 1. The highest BCUT2D eigenvalue weighted by atomic mass is 16.8. The van der Waals surface area contributed by atoms with Gasteiger partial charge in [0, 0.05) is 12.5 Å².